The summed E-state index contributed by atoms with van der Waals surface area (Å²) in [6.45, 7) is 5.53. The van der Waals surface area contributed by atoms with Gasteiger partial charge in [-0.1, -0.05) is 0 Å². The number of sulfone groups is 1. The summed E-state index contributed by atoms with van der Waals surface area (Å²) in [5.74, 6) is 2.20. The quantitative estimate of drug-likeness (QED) is 0.482. The summed E-state index contributed by atoms with van der Waals surface area (Å²) in [4.78, 5) is 6.39. The molecule has 192 valence electrons. The number of benzene rings is 2. The van der Waals surface area contributed by atoms with Gasteiger partial charge in [-0.15, -0.1) is 0 Å². The standard InChI is InChI=1S/C25H28N2O8S/c1-15-13-27(14-16(2)34-15)25-24(26-23(35-25)17-5-7-19(30-3)21(11-17)31-4)36(28,29)18-6-8-20-22(12-18)33-10-9-32-20/h5-8,11-12,15-16H,9-10,13-14H2,1-4H3. The van der Waals surface area contributed by atoms with E-state index in [1.807, 2.05) is 18.7 Å². The second kappa shape index (κ2) is 9.55. The molecule has 36 heavy (non-hydrogen) atoms. The van der Waals surface area contributed by atoms with Gasteiger partial charge >= 0.3 is 0 Å². The number of nitrogens with zero attached hydrogens (tertiary/aromatic N) is 2. The molecule has 0 bridgehead atoms. The molecule has 1 fully saturated rings. The van der Waals surface area contributed by atoms with E-state index in [1.54, 1.807) is 31.4 Å². The highest BCUT2D eigenvalue weighted by molar-refractivity contribution is 7.91. The number of oxazole rings is 1. The Morgan fingerprint density at radius 3 is 2.31 bits per heavy atom. The van der Waals surface area contributed by atoms with Crippen molar-refractivity contribution in [3.8, 4) is 34.5 Å². The van der Waals surface area contributed by atoms with Crippen molar-refractivity contribution < 1.29 is 36.5 Å². The van der Waals surface area contributed by atoms with Gasteiger partial charge in [-0.25, -0.2) is 8.42 Å². The molecule has 3 aromatic rings. The molecule has 2 atom stereocenters. The van der Waals surface area contributed by atoms with Crippen molar-refractivity contribution in [1.29, 1.82) is 0 Å². The lowest BCUT2D eigenvalue weighted by atomic mass is 10.2. The van der Waals surface area contributed by atoms with Gasteiger partial charge in [-0.2, -0.15) is 4.98 Å². The zero-order valence-electron chi connectivity index (χ0n) is 20.5. The molecule has 2 aliphatic rings. The molecule has 2 unspecified atom stereocenters. The van der Waals surface area contributed by atoms with Crippen LogP contribution in [0.4, 0.5) is 5.88 Å². The van der Waals surface area contributed by atoms with Crippen LogP contribution < -0.4 is 23.8 Å². The van der Waals surface area contributed by atoms with Crippen LogP contribution >= 0.6 is 0 Å². The van der Waals surface area contributed by atoms with Crippen LogP contribution in [0, 0.1) is 0 Å². The summed E-state index contributed by atoms with van der Waals surface area (Å²) >= 11 is 0. The summed E-state index contributed by atoms with van der Waals surface area (Å²) < 4.78 is 61.7. The number of ether oxygens (including phenoxy) is 5. The first kappa shape index (κ1) is 24.3. The van der Waals surface area contributed by atoms with E-state index in [2.05, 4.69) is 4.98 Å². The van der Waals surface area contributed by atoms with Gasteiger partial charge in [0.1, 0.15) is 13.2 Å². The number of rotatable bonds is 6. The van der Waals surface area contributed by atoms with Crippen LogP contribution in [0.5, 0.6) is 23.0 Å². The minimum Gasteiger partial charge on any atom is -0.493 e. The van der Waals surface area contributed by atoms with E-state index in [9.17, 15) is 8.42 Å². The van der Waals surface area contributed by atoms with Crippen LogP contribution in [0.3, 0.4) is 0 Å². The second-order valence-corrected chi connectivity index (χ2v) is 10.5. The van der Waals surface area contributed by atoms with Crippen molar-refractivity contribution >= 4 is 15.7 Å². The summed E-state index contributed by atoms with van der Waals surface area (Å²) in [6, 6.07) is 9.69. The van der Waals surface area contributed by atoms with Crippen molar-refractivity contribution in [2.24, 2.45) is 0 Å². The molecule has 1 aromatic heterocycles. The van der Waals surface area contributed by atoms with Crippen LogP contribution in [-0.2, 0) is 14.6 Å². The third-order valence-corrected chi connectivity index (χ3v) is 7.64. The fourth-order valence-corrected chi connectivity index (χ4v) is 5.75. The zero-order chi connectivity index (χ0) is 25.4. The molecule has 0 spiro atoms. The largest absolute Gasteiger partial charge is 0.493 e. The summed E-state index contributed by atoms with van der Waals surface area (Å²) in [5.41, 5.74) is 0.548. The average molecular weight is 517 g/mol. The van der Waals surface area contributed by atoms with Gasteiger partial charge < -0.3 is 33.0 Å². The lowest BCUT2D eigenvalue weighted by Crippen LogP contribution is -2.45. The van der Waals surface area contributed by atoms with Gasteiger partial charge in [0.25, 0.3) is 0 Å². The van der Waals surface area contributed by atoms with E-state index in [1.165, 1.54) is 19.2 Å². The van der Waals surface area contributed by atoms with E-state index < -0.39 is 9.84 Å². The Kier molecular flexibility index (Phi) is 6.44. The molecule has 11 heteroatoms. The van der Waals surface area contributed by atoms with E-state index in [0.717, 1.165) is 0 Å². The molecule has 3 heterocycles. The van der Waals surface area contributed by atoms with E-state index in [0.29, 0.717) is 54.9 Å². The Labute approximate surface area is 209 Å². The van der Waals surface area contributed by atoms with Crippen molar-refractivity contribution in [1.82, 2.24) is 4.98 Å². The Morgan fingerprint density at radius 1 is 0.917 bits per heavy atom. The Hall–Kier alpha value is -3.44. The fourth-order valence-electron chi connectivity index (χ4n) is 4.41. The number of methoxy groups -OCH3 is 2. The smallest absolute Gasteiger partial charge is 0.236 e. The molecule has 0 saturated carbocycles. The van der Waals surface area contributed by atoms with Gasteiger partial charge in [-0.05, 0) is 44.2 Å². The summed E-state index contributed by atoms with van der Waals surface area (Å²) in [7, 11) is -1.02. The van der Waals surface area contributed by atoms with Crippen molar-refractivity contribution in [2.75, 3.05) is 45.4 Å². The molecule has 2 aromatic carbocycles. The topological polar surface area (TPSA) is 110 Å². The third-order valence-electron chi connectivity index (χ3n) is 6.00. The number of morpholine rings is 1. The molecule has 10 nitrogen and oxygen atoms in total. The van der Waals surface area contributed by atoms with Crippen LogP contribution in [0.25, 0.3) is 11.5 Å². The molecule has 0 radical (unpaired) electrons. The maximum absolute atomic E-state index is 13.9. The lowest BCUT2D eigenvalue weighted by molar-refractivity contribution is -0.00657. The predicted octanol–water partition coefficient (Wildman–Crippen LogP) is 3.58. The zero-order valence-corrected chi connectivity index (χ0v) is 21.3. The molecule has 0 aliphatic carbocycles. The number of fused-ring (bicyclic) bond motifs is 1. The van der Waals surface area contributed by atoms with Gasteiger partial charge in [0, 0.05) is 24.7 Å². The van der Waals surface area contributed by atoms with Crippen LogP contribution in [-0.4, -0.2) is 66.1 Å². The van der Waals surface area contributed by atoms with Crippen molar-refractivity contribution in [2.45, 2.75) is 36.0 Å². The molecule has 5 rings (SSSR count). The first-order valence-corrected chi connectivity index (χ1v) is 13.1. The second-order valence-electron chi connectivity index (χ2n) is 8.67. The molecule has 0 amide bonds. The Bertz CT molecular complexity index is 1360. The summed E-state index contributed by atoms with van der Waals surface area (Å²) in [5, 5.41) is -0.176. The highest BCUT2D eigenvalue weighted by Gasteiger charge is 2.35. The Morgan fingerprint density at radius 2 is 1.61 bits per heavy atom. The predicted molar refractivity (Wildman–Crippen MR) is 130 cm³/mol. The van der Waals surface area contributed by atoms with E-state index in [4.69, 9.17) is 28.1 Å². The highest BCUT2D eigenvalue weighted by Crippen LogP contribution is 2.40. The van der Waals surface area contributed by atoms with Crippen molar-refractivity contribution in [3.05, 3.63) is 36.4 Å². The molecular weight excluding hydrogens is 488 g/mol. The minimum absolute atomic E-state index is 0.0366. The van der Waals surface area contributed by atoms with Gasteiger partial charge in [-0.3, -0.25) is 0 Å². The fraction of sp³-hybridized carbons (Fsp3) is 0.400. The monoisotopic (exact) mass is 516 g/mol. The summed E-state index contributed by atoms with van der Waals surface area (Å²) in [6.07, 6.45) is -0.235. The van der Waals surface area contributed by atoms with E-state index >= 15 is 0 Å². The molecular formula is C25H28N2O8S. The highest BCUT2D eigenvalue weighted by atomic mass is 32.2. The minimum atomic E-state index is -4.08. The van der Waals surface area contributed by atoms with Gasteiger partial charge in [0.15, 0.2) is 23.0 Å². The molecule has 2 aliphatic heterocycles. The first-order valence-electron chi connectivity index (χ1n) is 11.6. The Balaban J connectivity index is 1.63. The van der Waals surface area contributed by atoms with Crippen LogP contribution in [0.2, 0.25) is 0 Å². The first-order chi connectivity index (χ1) is 17.3. The number of anilines is 1. The number of aromatic nitrogens is 1. The van der Waals surface area contributed by atoms with Gasteiger partial charge in [0.05, 0.1) is 31.3 Å². The SMILES string of the molecule is COc1ccc(-c2nc(S(=O)(=O)c3ccc4c(c3)OCCO4)c(N3CC(C)OC(C)C3)o2)cc1OC. The van der Waals surface area contributed by atoms with E-state index in [-0.39, 0.29) is 33.9 Å². The third kappa shape index (κ3) is 4.44. The molecule has 0 N–H and O–H groups in total. The average Bonchev–Trinajstić information content (AvgIpc) is 3.34. The van der Waals surface area contributed by atoms with Gasteiger partial charge in [0.2, 0.25) is 26.6 Å². The maximum Gasteiger partial charge on any atom is 0.236 e. The van der Waals surface area contributed by atoms with Crippen molar-refractivity contribution in [3.63, 3.8) is 0 Å². The normalized spacial score (nSPS) is 19.7. The number of hydrogen-bond donors (Lipinski definition) is 0. The maximum atomic E-state index is 13.9. The molecule has 1 saturated heterocycles. The van der Waals surface area contributed by atoms with Crippen LogP contribution in [0.15, 0.2) is 50.7 Å². The lowest BCUT2D eigenvalue weighted by Gasteiger charge is -2.35. The van der Waals surface area contributed by atoms with Crippen LogP contribution in [0.1, 0.15) is 13.8 Å². The number of hydrogen-bond acceptors (Lipinski definition) is 10.